The molecule has 0 unspecified atom stereocenters. The molecule has 4 rings (SSSR count). The van der Waals surface area contributed by atoms with E-state index in [9.17, 15) is 0 Å². The molecule has 3 aromatic heterocycles. The Morgan fingerprint density at radius 3 is 2.57 bits per heavy atom. The van der Waals surface area contributed by atoms with Gasteiger partial charge in [0.05, 0.1) is 23.0 Å². The summed E-state index contributed by atoms with van der Waals surface area (Å²) >= 11 is 0. The van der Waals surface area contributed by atoms with Gasteiger partial charge in [-0.2, -0.15) is 5.10 Å². The van der Waals surface area contributed by atoms with Crippen molar-refractivity contribution in [1.29, 1.82) is 0 Å². The number of nitrogens with two attached hydrogens (primary N) is 2. The van der Waals surface area contributed by atoms with E-state index in [0.29, 0.717) is 22.8 Å². The van der Waals surface area contributed by atoms with Crippen molar-refractivity contribution in [3.8, 4) is 22.6 Å². The minimum absolute atomic E-state index is 0.508. The third-order valence-electron chi connectivity index (χ3n) is 3.71. The zero-order chi connectivity index (χ0) is 15.8. The van der Waals surface area contributed by atoms with Gasteiger partial charge in [0.1, 0.15) is 0 Å². The molecule has 6 heteroatoms. The monoisotopic (exact) mass is 302 g/mol. The molecule has 0 amide bonds. The number of anilines is 2. The molecule has 0 bridgehead atoms. The molecule has 0 aliphatic rings. The van der Waals surface area contributed by atoms with Gasteiger partial charge in [-0.05, 0) is 30.3 Å². The van der Waals surface area contributed by atoms with E-state index in [1.165, 1.54) is 0 Å². The lowest BCUT2D eigenvalue weighted by Crippen LogP contribution is -2.00. The van der Waals surface area contributed by atoms with Crippen molar-refractivity contribution in [2.45, 2.75) is 0 Å². The second kappa shape index (κ2) is 5.10. The van der Waals surface area contributed by atoms with Crippen LogP contribution in [0.2, 0.25) is 0 Å². The van der Waals surface area contributed by atoms with Gasteiger partial charge in [-0.25, -0.2) is 14.5 Å². The Balaban J connectivity index is 1.90. The Hall–Kier alpha value is -3.41. The first kappa shape index (κ1) is 13.3. The fraction of sp³-hybridized carbons (Fsp3) is 0. The number of aromatic nitrogens is 4. The van der Waals surface area contributed by atoms with Crippen LogP contribution in [0, 0.1) is 0 Å². The van der Waals surface area contributed by atoms with Crippen LogP contribution >= 0.6 is 0 Å². The molecule has 0 spiro atoms. The Kier molecular flexibility index (Phi) is 2.94. The molecule has 1 aromatic carbocycles. The standard InChI is InChI=1S/C17H14N6/c18-12-4-3-5-13(19)16(12)17-20-8-7-14(22-17)11-10-21-23-9-2-1-6-15(11)23/h1-10H,18-19H2. The number of nitrogen functional groups attached to an aromatic ring is 2. The van der Waals surface area contributed by atoms with Crippen molar-refractivity contribution >= 4 is 16.9 Å². The zero-order valence-corrected chi connectivity index (χ0v) is 12.2. The van der Waals surface area contributed by atoms with Crippen LogP contribution in [0.15, 0.2) is 61.1 Å². The second-order valence-corrected chi connectivity index (χ2v) is 5.17. The molecule has 0 fully saturated rings. The average Bonchev–Trinajstić information content (AvgIpc) is 2.99. The van der Waals surface area contributed by atoms with Crippen LogP contribution < -0.4 is 11.5 Å². The highest BCUT2D eigenvalue weighted by atomic mass is 15.2. The largest absolute Gasteiger partial charge is 0.398 e. The van der Waals surface area contributed by atoms with Crippen LogP contribution in [0.5, 0.6) is 0 Å². The number of hydrogen-bond acceptors (Lipinski definition) is 5. The molecular weight excluding hydrogens is 288 g/mol. The molecular formula is C17H14N6. The van der Waals surface area contributed by atoms with E-state index in [2.05, 4.69) is 15.1 Å². The van der Waals surface area contributed by atoms with E-state index in [1.54, 1.807) is 24.5 Å². The Bertz CT molecular complexity index is 985. The van der Waals surface area contributed by atoms with Gasteiger partial charge in [0.15, 0.2) is 5.82 Å². The fourth-order valence-electron chi connectivity index (χ4n) is 2.61. The van der Waals surface area contributed by atoms with Crippen molar-refractivity contribution in [1.82, 2.24) is 19.6 Å². The summed E-state index contributed by atoms with van der Waals surface area (Å²) in [6.45, 7) is 0. The lowest BCUT2D eigenvalue weighted by Gasteiger charge is -2.08. The number of benzene rings is 1. The van der Waals surface area contributed by atoms with Crippen LogP contribution in [0.1, 0.15) is 0 Å². The first-order chi connectivity index (χ1) is 11.2. The predicted octanol–water partition coefficient (Wildman–Crippen LogP) is 2.62. The van der Waals surface area contributed by atoms with Crippen LogP contribution in [0.4, 0.5) is 11.4 Å². The van der Waals surface area contributed by atoms with Crippen LogP contribution in [-0.4, -0.2) is 19.6 Å². The number of hydrogen-bond donors (Lipinski definition) is 2. The van der Waals surface area contributed by atoms with Crippen molar-refractivity contribution in [2.24, 2.45) is 0 Å². The van der Waals surface area contributed by atoms with Crippen molar-refractivity contribution in [3.05, 3.63) is 61.1 Å². The van der Waals surface area contributed by atoms with Gasteiger partial charge in [0.2, 0.25) is 0 Å². The van der Waals surface area contributed by atoms with E-state index in [0.717, 1.165) is 16.8 Å². The molecule has 0 aliphatic heterocycles. The topological polar surface area (TPSA) is 95.1 Å². The van der Waals surface area contributed by atoms with Crippen LogP contribution in [0.3, 0.4) is 0 Å². The smallest absolute Gasteiger partial charge is 0.163 e. The minimum atomic E-state index is 0.508. The van der Waals surface area contributed by atoms with Crippen LogP contribution in [0.25, 0.3) is 28.2 Å². The first-order valence-corrected chi connectivity index (χ1v) is 7.14. The molecule has 6 nitrogen and oxygen atoms in total. The molecule has 23 heavy (non-hydrogen) atoms. The van der Waals surface area contributed by atoms with Crippen molar-refractivity contribution < 1.29 is 0 Å². The maximum Gasteiger partial charge on any atom is 0.163 e. The van der Waals surface area contributed by atoms with E-state index in [4.69, 9.17) is 11.5 Å². The van der Waals surface area contributed by atoms with E-state index < -0.39 is 0 Å². The van der Waals surface area contributed by atoms with Gasteiger partial charge < -0.3 is 11.5 Å². The molecule has 0 aliphatic carbocycles. The highest BCUT2D eigenvalue weighted by Crippen LogP contribution is 2.30. The number of pyridine rings is 1. The maximum absolute atomic E-state index is 6.04. The Labute approximate surface area is 132 Å². The molecule has 4 N–H and O–H groups in total. The van der Waals surface area contributed by atoms with Crippen LogP contribution in [-0.2, 0) is 0 Å². The van der Waals surface area contributed by atoms with E-state index in [-0.39, 0.29) is 0 Å². The number of rotatable bonds is 2. The van der Waals surface area contributed by atoms with Gasteiger partial charge >= 0.3 is 0 Å². The molecule has 0 saturated heterocycles. The van der Waals surface area contributed by atoms with Gasteiger partial charge in [-0.1, -0.05) is 12.1 Å². The van der Waals surface area contributed by atoms with Crippen molar-refractivity contribution in [2.75, 3.05) is 11.5 Å². The zero-order valence-electron chi connectivity index (χ0n) is 12.2. The van der Waals surface area contributed by atoms with Gasteiger partial charge in [0.25, 0.3) is 0 Å². The molecule has 4 aromatic rings. The lowest BCUT2D eigenvalue weighted by molar-refractivity contribution is 0.961. The van der Waals surface area contributed by atoms with Gasteiger partial charge in [-0.15, -0.1) is 0 Å². The summed E-state index contributed by atoms with van der Waals surface area (Å²) in [7, 11) is 0. The molecule has 0 saturated carbocycles. The maximum atomic E-state index is 6.04. The highest BCUT2D eigenvalue weighted by molar-refractivity contribution is 5.84. The third-order valence-corrected chi connectivity index (χ3v) is 3.71. The summed E-state index contributed by atoms with van der Waals surface area (Å²) < 4.78 is 1.81. The van der Waals surface area contributed by atoms with Gasteiger partial charge in [-0.3, -0.25) is 0 Å². The highest BCUT2D eigenvalue weighted by Gasteiger charge is 2.13. The molecule has 0 atom stereocenters. The van der Waals surface area contributed by atoms with Crippen molar-refractivity contribution in [3.63, 3.8) is 0 Å². The normalized spacial score (nSPS) is 11.0. The SMILES string of the molecule is Nc1cccc(N)c1-c1nccc(-c2cnn3ccccc23)n1. The number of nitrogens with zero attached hydrogens (tertiary/aromatic N) is 4. The summed E-state index contributed by atoms with van der Waals surface area (Å²) in [6, 6.07) is 13.1. The molecule has 3 heterocycles. The Morgan fingerprint density at radius 2 is 1.74 bits per heavy atom. The lowest BCUT2D eigenvalue weighted by atomic mass is 10.1. The third kappa shape index (κ3) is 2.17. The number of fused-ring (bicyclic) bond motifs is 1. The fourth-order valence-corrected chi connectivity index (χ4v) is 2.61. The first-order valence-electron chi connectivity index (χ1n) is 7.14. The Morgan fingerprint density at radius 1 is 0.913 bits per heavy atom. The predicted molar refractivity (Wildman–Crippen MR) is 90.5 cm³/mol. The van der Waals surface area contributed by atoms with E-state index in [1.807, 2.05) is 41.0 Å². The summed E-state index contributed by atoms with van der Waals surface area (Å²) in [4.78, 5) is 8.96. The summed E-state index contributed by atoms with van der Waals surface area (Å²) in [5.74, 6) is 0.508. The summed E-state index contributed by atoms with van der Waals surface area (Å²) in [5, 5.41) is 4.34. The van der Waals surface area contributed by atoms with E-state index >= 15 is 0 Å². The molecule has 0 radical (unpaired) electrons. The second-order valence-electron chi connectivity index (χ2n) is 5.17. The summed E-state index contributed by atoms with van der Waals surface area (Å²) in [6.07, 6.45) is 5.39. The minimum Gasteiger partial charge on any atom is -0.398 e. The average molecular weight is 302 g/mol. The molecule has 112 valence electrons. The van der Waals surface area contributed by atoms with Gasteiger partial charge in [0, 0.05) is 29.3 Å². The summed E-state index contributed by atoms with van der Waals surface area (Å²) in [5.41, 5.74) is 16.5. The quantitative estimate of drug-likeness (QED) is 0.555.